The van der Waals surface area contributed by atoms with Gasteiger partial charge in [-0.2, -0.15) is 0 Å². The van der Waals surface area contributed by atoms with Crippen molar-refractivity contribution in [2.24, 2.45) is 0 Å². The molecule has 0 amide bonds. The van der Waals surface area contributed by atoms with E-state index in [1.807, 2.05) is 12.1 Å². The standard InChI is InChI=1S/C16H20BrNO4/c1-4-22-16(19)8-11-6-5-7-18(11)13-10-15(21-3)14(20-2)9-12(13)17/h8-10H,4-7H2,1-3H3/b11-8+. The normalized spacial score (nSPS) is 16.0. The van der Waals surface area contributed by atoms with E-state index in [9.17, 15) is 4.79 Å². The van der Waals surface area contributed by atoms with Crippen LogP contribution < -0.4 is 14.4 Å². The van der Waals surface area contributed by atoms with Crippen molar-refractivity contribution in [2.75, 3.05) is 32.3 Å². The molecule has 0 aliphatic carbocycles. The zero-order chi connectivity index (χ0) is 16.1. The van der Waals surface area contributed by atoms with Gasteiger partial charge in [0.1, 0.15) is 0 Å². The third-order valence-corrected chi connectivity index (χ3v) is 4.11. The number of carbonyl (C=O) groups excluding carboxylic acids is 1. The van der Waals surface area contributed by atoms with Crippen molar-refractivity contribution in [2.45, 2.75) is 19.8 Å². The summed E-state index contributed by atoms with van der Waals surface area (Å²) in [4.78, 5) is 13.8. The fourth-order valence-electron chi connectivity index (χ4n) is 2.49. The van der Waals surface area contributed by atoms with Crippen molar-refractivity contribution in [1.29, 1.82) is 0 Å². The largest absolute Gasteiger partial charge is 0.493 e. The van der Waals surface area contributed by atoms with Crippen molar-refractivity contribution in [3.8, 4) is 11.5 Å². The van der Waals surface area contributed by atoms with Crippen molar-refractivity contribution in [1.82, 2.24) is 0 Å². The van der Waals surface area contributed by atoms with Gasteiger partial charge < -0.3 is 19.1 Å². The van der Waals surface area contributed by atoms with Gasteiger partial charge in [0.25, 0.3) is 0 Å². The zero-order valence-electron chi connectivity index (χ0n) is 13.0. The molecule has 120 valence electrons. The van der Waals surface area contributed by atoms with E-state index in [0.717, 1.165) is 35.2 Å². The van der Waals surface area contributed by atoms with E-state index in [4.69, 9.17) is 14.2 Å². The number of methoxy groups -OCH3 is 2. The number of benzene rings is 1. The smallest absolute Gasteiger partial charge is 0.332 e. The molecule has 0 saturated carbocycles. The third kappa shape index (κ3) is 3.55. The second-order valence-electron chi connectivity index (χ2n) is 4.80. The molecular weight excluding hydrogens is 350 g/mol. The Hall–Kier alpha value is -1.69. The molecule has 1 aliphatic heterocycles. The van der Waals surface area contributed by atoms with E-state index < -0.39 is 0 Å². The van der Waals surface area contributed by atoms with Gasteiger partial charge in [-0.15, -0.1) is 0 Å². The maximum atomic E-state index is 11.7. The van der Waals surface area contributed by atoms with Crippen LogP contribution in [0.25, 0.3) is 0 Å². The molecule has 6 heteroatoms. The number of esters is 1. The molecule has 0 aromatic heterocycles. The van der Waals surface area contributed by atoms with Crippen LogP contribution >= 0.6 is 15.9 Å². The molecular formula is C16H20BrNO4. The van der Waals surface area contributed by atoms with Gasteiger partial charge in [-0.1, -0.05) is 0 Å². The maximum Gasteiger partial charge on any atom is 0.332 e. The monoisotopic (exact) mass is 369 g/mol. The molecule has 2 rings (SSSR count). The number of allylic oxidation sites excluding steroid dienone is 1. The first-order valence-corrected chi connectivity index (χ1v) is 7.96. The molecule has 1 fully saturated rings. The summed E-state index contributed by atoms with van der Waals surface area (Å²) in [6.45, 7) is 3.02. The van der Waals surface area contributed by atoms with Crippen molar-refractivity contribution in [3.05, 3.63) is 28.4 Å². The molecule has 0 spiro atoms. The number of rotatable bonds is 5. The van der Waals surface area contributed by atoms with Gasteiger partial charge >= 0.3 is 5.97 Å². The van der Waals surface area contributed by atoms with E-state index in [1.54, 1.807) is 27.2 Å². The summed E-state index contributed by atoms with van der Waals surface area (Å²) in [5.74, 6) is 1.01. The Morgan fingerprint density at radius 2 is 2.00 bits per heavy atom. The lowest BCUT2D eigenvalue weighted by molar-refractivity contribution is -0.137. The van der Waals surface area contributed by atoms with Crippen LogP contribution in [0.15, 0.2) is 28.4 Å². The predicted octanol–water partition coefficient (Wildman–Crippen LogP) is 3.51. The number of anilines is 1. The Kier molecular flexibility index (Phi) is 5.71. The lowest BCUT2D eigenvalue weighted by atomic mass is 10.2. The molecule has 5 nitrogen and oxygen atoms in total. The summed E-state index contributed by atoms with van der Waals surface area (Å²) in [7, 11) is 3.21. The summed E-state index contributed by atoms with van der Waals surface area (Å²) < 4.78 is 16.6. The minimum atomic E-state index is -0.305. The summed E-state index contributed by atoms with van der Waals surface area (Å²) in [5.41, 5.74) is 1.90. The minimum Gasteiger partial charge on any atom is -0.493 e. The highest BCUT2D eigenvalue weighted by molar-refractivity contribution is 9.10. The summed E-state index contributed by atoms with van der Waals surface area (Å²) in [6, 6.07) is 3.78. The van der Waals surface area contributed by atoms with Crippen molar-refractivity contribution in [3.63, 3.8) is 0 Å². The molecule has 1 aromatic carbocycles. The molecule has 0 unspecified atom stereocenters. The molecule has 22 heavy (non-hydrogen) atoms. The number of ether oxygens (including phenoxy) is 3. The van der Waals surface area contributed by atoms with Crippen molar-refractivity contribution < 1.29 is 19.0 Å². The van der Waals surface area contributed by atoms with E-state index in [-0.39, 0.29) is 5.97 Å². The van der Waals surface area contributed by atoms with Crippen LogP contribution in [0.4, 0.5) is 5.69 Å². The average Bonchev–Trinajstić information content (AvgIpc) is 2.94. The predicted molar refractivity (Wildman–Crippen MR) is 88.5 cm³/mol. The molecule has 1 saturated heterocycles. The minimum absolute atomic E-state index is 0.305. The zero-order valence-corrected chi connectivity index (χ0v) is 14.6. The summed E-state index contributed by atoms with van der Waals surface area (Å²) >= 11 is 3.57. The van der Waals surface area contributed by atoms with E-state index >= 15 is 0 Å². The lowest BCUT2D eigenvalue weighted by Crippen LogP contribution is -2.18. The van der Waals surface area contributed by atoms with Crippen LogP contribution in [0.3, 0.4) is 0 Å². The van der Waals surface area contributed by atoms with Crippen LogP contribution in [0.5, 0.6) is 11.5 Å². The highest BCUT2D eigenvalue weighted by atomic mass is 79.9. The molecule has 1 heterocycles. The van der Waals surface area contributed by atoms with Crippen LogP contribution in [0.2, 0.25) is 0 Å². The van der Waals surface area contributed by atoms with Gasteiger partial charge in [0.15, 0.2) is 11.5 Å². The highest BCUT2D eigenvalue weighted by Crippen LogP contribution is 2.41. The topological polar surface area (TPSA) is 48.0 Å². The first-order chi connectivity index (χ1) is 10.6. The number of halogens is 1. The average molecular weight is 370 g/mol. The lowest BCUT2D eigenvalue weighted by Gasteiger charge is -2.23. The third-order valence-electron chi connectivity index (χ3n) is 3.48. The molecule has 0 bridgehead atoms. The summed E-state index contributed by atoms with van der Waals surface area (Å²) in [5, 5.41) is 0. The first kappa shape index (κ1) is 16.7. The van der Waals surface area contributed by atoms with Crippen LogP contribution in [-0.4, -0.2) is 33.3 Å². The maximum absolute atomic E-state index is 11.7. The first-order valence-electron chi connectivity index (χ1n) is 7.17. The molecule has 0 N–H and O–H groups in total. The van der Waals surface area contributed by atoms with E-state index in [1.165, 1.54) is 0 Å². The Morgan fingerprint density at radius 1 is 1.32 bits per heavy atom. The van der Waals surface area contributed by atoms with Gasteiger partial charge in [-0.3, -0.25) is 0 Å². The Bertz CT molecular complexity index is 586. The Labute approximate surface area is 139 Å². The van der Waals surface area contributed by atoms with Gasteiger partial charge in [0.05, 0.1) is 26.5 Å². The highest BCUT2D eigenvalue weighted by Gasteiger charge is 2.23. The molecule has 0 atom stereocenters. The number of carbonyl (C=O) groups is 1. The van der Waals surface area contributed by atoms with Crippen LogP contribution in [-0.2, 0) is 9.53 Å². The quantitative estimate of drug-likeness (QED) is 0.586. The molecule has 1 aliphatic rings. The fourth-order valence-corrected chi connectivity index (χ4v) is 3.03. The number of hydrogen-bond donors (Lipinski definition) is 0. The van der Waals surface area contributed by atoms with Gasteiger partial charge in [-0.25, -0.2) is 4.79 Å². The second-order valence-corrected chi connectivity index (χ2v) is 5.66. The molecule has 1 aromatic rings. The fraction of sp³-hybridized carbons (Fsp3) is 0.438. The van der Waals surface area contributed by atoms with Gasteiger partial charge in [-0.05, 0) is 35.7 Å². The SMILES string of the molecule is CCOC(=O)/C=C1\CCCN1c1cc(OC)c(OC)cc1Br. The Balaban J connectivity index is 2.35. The molecule has 0 radical (unpaired) electrons. The van der Waals surface area contributed by atoms with E-state index in [2.05, 4.69) is 20.8 Å². The van der Waals surface area contributed by atoms with Crippen LogP contribution in [0.1, 0.15) is 19.8 Å². The number of hydrogen-bond acceptors (Lipinski definition) is 5. The second kappa shape index (κ2) is 7.54. The van der Waals surface area contributed by atoms with Crippen molar-refractivity contribution >= 4 is 27.6 Å². The van der Waals surface area contributed by atoms with Crippen LogP contribution in [0, 0.1) is 0 Å². The van der Waals surface area contributed by atoms with Gasteiger partial charge in [0.2, 0.25) is 0 Å². The Morgan fingerprint density at radius 3 is 2.64 bits per heavy atom. The number of nitrogens with zero attached hydrogens (tertiary/aromatic N) is 1. The van der Waals surface area contributed by atoms with E-state index in [0.29, 0.717) is 18.1 Å². The van der Waals surface area contributed by atoms with Gasteiger partial charge in [0, 0.05) is 34.9 Å². The summed E-state index contributed by atoms with van der Waals surface area (Å²) in [6.07, 6.45) is 3.41.